The first-order valence-corrected chi connectivity index (χ1v) is 4.28. The van der Waals surface area contributed by atoms with E-state index in [0.29, 0.717) is 23.2 Å². The van der Waals surface area contributed by atoms with Crippen LogP contribution in [0.1, 0.15) is 15.9 Å². The van der Waals surface area contributed by atoms with E-state index in [9.17, 15) is 9.59 Å². The van der Waals surface area contributed by atoms with Gasteiger partial charge in [0.1, 0.15) is 5.75 Å². The van der Waals surface area contributed by atoms with Gasteiger partial charge >= 0.3 is 0 Å². The van der Waals surface area contributed by atoms with Gasteiger partial charge in [-0.3, -0.25) is 9.59 Å². The van der Waals surface area contributed by atoms with Crippen molar-refractivity contribution in [2.45, 2.75) is 0 Å². The molecule has 15 heavy (non-hydrogen) atoms. The molecule has 1 rings (SSSR count). The van der Waals surface area contributed by atoms with Gasteiger partial charge < -0.3 is 10.5 Å². The lowest BCUT2D eigenvalue weighted by Crippen LogP contribution is -2.05. The van der Waals surface area contributed by atoms with E-state index in [1.54, 1.807) is 18.2 Å². The van der Waals surface area contributed by atoms with Gasteiger partial charge in [0.05, 0.1) is 7.11 Å². The average molecular weight is 205 g/mol. The predicted octanol–water partition coefficient (Wildman–Crippen LogP) is 1.01. The van der Waals surface area contributed by atoms with Gasteiger partial charge in [-0.1, -0.05) is 0 Å². The monoisotopic (exact) mass is 205 g/mol. The lowest BCUT2D eigenvalue weighted by Gasteiger charge is -2.03. The molecule has 0 saturated heterocycles. The highest BCUT2D eigenvalue weighted by molar-refractivity contribution is 5.92. The van der Waals surface area contributed by atoms with Crippen LogP contribution >= 0.6 is 0 Å². The highest BCUT2D eigenvalue weighted by Crippen LogP contribution is 2.17. The number of rotatable bonds is 4. The summed E-state index contributed by atoms with van der Waals surface area (Å²) in [6.07, 6.45) is 3.39. The quantitative estimate of drug-likeness (QED) is 0.589. The molecule has 0 radical (unpaired) electrons. The molecule has 0 fully saturated rings. The Morgan fingerprint density at radius 3 is 2.67 bits per heavy atom. The molecule has 0 aromatic heterocycles. The van der Waals surface area contributed by atoms with Crippen LogP contribution in [0.5, 0.6) is 5.75 Å². The van der Waals surface area contributed by atoms with Crippen molar-refractivity contribution in [3.8, 4) is 5.75 Å². The molecule has 0 unspecified atom stereocenters. The number of hydrogen-bond donors (Lipinski definition) is 1. The molecule has 1 aromatic rings. The number of carbonyl (C=O) groups excluding carboxylic acids is 2. The molecular weight excluding hydrogens is 194 g/mol. The maximum Gasteiger partial charge on any atom is 0.241 e. The number of primary amides is 1. The van der Waals surface area contributed by atoms with Crippen LogP contribution < -0.4 is 10.5 Å². The second kappa shape index (κ2) is 4.95. The predicted molar refractivity (Wildman–Crippen MR) is 56.6 cm³/mol. The Hall–Kier alpha value is -2.10. The number of methoxy groups -OCH3 is 1. The van der Waals surface area contributed by atoms with Gasteiger partial charge in [0.25, 0.3) is 0 Å². The van der Waals surface area contributed by atoms with Crippen molar-refractivity contribution < 1.29 is 14.3 Å². The summed E-state index contributed by atoms with van der Waals surface area (Å²) in [4.78, 5) is 21.2. The number of hydrogen-bond acceptors (Lipinski definition) is 3. The third-order valence-electron chi connectivity index (χ3n) is 1.85. The van der Waals surface area contributed by atoms with Gasteiger partial charge in [-0.15, -0.1) is 0 Å². The van der Waals surface area contributed by atoms with Crippen LogP contribution in [0.15, 0.2) is 24.3 Å². The molecular formula is C11H11NO3. The van der Waals surface area contributed by atoms with Crippen molar-refractivity contribution in [2.24, 2.45) is 5.73 Å². The maximum absolute atomic E-state index is 10.7. The van der Waals surface area contributed by atoms with Gasteiger partial charge in [-0.05, 0) is 29.8 Å². The Labute approximate surface area is 87.3 Å². The fraction of sp³-hybridized carbons (Fsp3) is 0.0909. The molecule has 78 valence electrons. The second-order valence-electron chi connectivity index (χ2n) is 2.85. The van der Waals surface area contributed by atoms with Crippen LogP contribution in [-0.4, -0.2) is 19.3 Å². The van der Waals surface area contributed by atoms with Crippen molar-refractivity contribution in [1.29, 1.82) is 0 Å². The Bertz CT molecular complexity index is 410. The van der Waals surface area contributed by atoms with Crippen LogP contribution in [0.4, 0.5) is 0 Å². The zero-order valence-electron chi connectivity index (χ0n) is 8.27. The van der Waals surface area contributed by atoms with Gasteiger partial charge in [0.2, 0.25) is 5.91 Å². The number of amides is 1. The summed E-state index contributed by atoms with van der Waals surface area (Å²) in [5.41, 5.74) is 6.04. The van der Waals surface area contributed by atoms with Crippen molar-refractivity contribution in [2.75, 3.05) is 7.11 Å². The van der Waals surface area contributed by atoms with Crippen molar-refractivity contribution in [3.63, 3.8) is 0 Å². The molecule has 1 amide bonds. The molecule has 1 aromatic carbocycles. The number of ether oxygens (including phenoxy) is 1. The van der Waals surface area contributed by atoms with E-state index in [2.05, 4.69) is 0 Å². The Morgan fingerprint density at radius 2 is 2.13 bits per heavy atom. The molecule has 4 nitrogen and oxygen atoms in total. The van der Waals surface area contributed by atoms with Crippen molar-refractivity contribution in [3.05, 3.63) is 35.4 Å². The fourth-order valence-corrected chi connectivity index (χ4v) is 1.10. The first-order valence-electron chi connectivity index (χ1n) is 4.28. The van der Waals surface area contributed by atoms with Crippen LogP contribution in [0, 0.1) is 0 Å². The van der Waals surface area contributed by atoms with Crippen LogP contribution in [0.3, 0.4) is 0 Å². The minimum absolute atomic E-state index is 0.480. The van der Waals surface area contributed by atoms with E-state index in [4.69, 9.17) is 10.5 Å². The highest BCUT2D eigenvalue weighted by atomic mass is 16.5. The standard InChI is InChI=1S/C11H11NO3/c1-15-10-4-2-9(7-13)8(6-10)3-5-11(12)14/h2-7H,1H3,(H2,12,14). The molecule has 0 bridgehead atoms. The van der Waals surface area contributed by atoms with Crippen LogP contribution in [-0.2, 0) is 4.79 Å². The molecule has 0 aliphatic carbocycles. The summed E-state index contributed by atoms with van der Waals surface area (Å²) in [6, 6.07) is 4.95. The molecule has 0 atom stereocenters. The lowest BCUT2D eigenvalue weighted by atomic mass is 10.1. The summed E-state index contributed by atoms with van der Waals surface area (Å²) in [6.45, 7) is 0. The first-order chi connectivity index (χ1) is 7.17. The van der Waals surface area contributed by atoms with Crippen LogP contribution in [0.2, 0.25) is 0 Å². The van der Waals surface area contributed by atoms with Gasteiger partial charge in [-0.2, -0.15) is 0 Å². The third-order valence-corrected chi connectivity index (χ3v) is 1.85. The van der Waals surface area contributed by atoms with E-state index in [-0.39, 0.29) is 0 Å². The van der Waals surface area contributed by atoms with Gasteiger partial charge in [0, 0.05) is 11.6 Å². The molecule has 0 spiro atoms. The molecule has 4 heteroatoms. The van der Waals surface area contributed by atoms with Gasteiger partial charge in [-0.25, -0.2) is 0 Å². The minimum atomic E-state index is -0.560. The van der Waals surface area contributed by atoms with E-state index < -0.39 is 5.91 Å². The Morgan fingerprint density at radius 1 is 1.40 bits per heavy atom. The molecule has 0 saturated carbocycles. The second-order valence-corrected chi connectivity index (χ2v) is 2.85. The number of nitrogens with two attached hydrogens (primary N) is 1. The average Bonchev–Trinajstić information content (AvgIpc) is 2.25. The third kappa shape index (κ3) is 2.95. The topological polar surface area (TPSA) is 69.4 Å². The normalized spacial score (nSPS) is 10.2. The Kier molecular flexibility index (Phi) is 3.62. The van der Waals surface area contributed by atoms with E-state index in [0.717, 1.165) is 0 Å². The van der Waals surface area contributed by atoms with E-state index in [1.165, 1.54) is 19.3 Å². The molecule has 2 N–H and O–H groups in total. The first kappa shape index (κ1) is 11.0. The smallest absolute Gasteiger partial charge is 0.241 e. The van der Waals surface area contributed by atoms with E-state index >= 15 is 0 Å². The zero-order valence-corrected chi connectivity index (χ0v) is 8.27. The molecule has 0 aliphatic heterocycles. The van der Waals surface area contributed by atoms with E-state index in [1.807, 2.05) is 0 Å². The molecule has 0 heterocycles. The van der Waals surface area contributed by atoms with Gasteiger partial charge in [0.15, 0.2) is 6.29 Å². The summed E-state index contributed by atoms with van der Waals surface area (Å²) in [5, 5.41) is 0. The van der Waals surface area contributed by atoms with Crippen molar-refractivity contribution in [1.82, 2.24) is 0 Å². The van der Waals surface area contributed by atoms with Crippen molar-refractivity contribution >= 4 is 18.3 Å². The number of aldehydes is 1. The highest BCUT2D eigenvalue weighted by Gasteiger charge is 2.00. The number of carbonyl (C=O) groups is 2. The zero-order chi connectivity index (χ0) is 11.3. The molecule has 0 aliphatic rings. The largest absolute Gasteiger partial charge is 0.497 e. The summed E-state index contributed by atoms with van der Waals surface area (Å²) < 4.78 is 5.00. The summed E-state index contributed by atoms with van der Waals surface area (Å²) in [7, 11) is 1.53. The minimum Gasteiger partial charge on any atom is -0.497 e. The van der Waals surface area contributed by atoms with Crippen LogP contribution in [0.25, 0.3) is 6.08 Å². The Balaban J connectivity index is 3.11. The SMILES string of the molecule is COc1ccc(C=O)c(C=CC(N)=O)c1. The summed E-state index contributed by atoms with van der Waals surface area (Å²) in [5.74, 6) is 0.0550. The number of benzene rings is 1. The fourth-order valence-electron chi connectivity index (χ4n) is 1.10. The lowest BCUT2D eigenvalue weighted by molar-refractivity contribution is -0.113. The maximum atomic E-state index is 10.7. The summed E-state index contributed by atoms with van der Waals surface area (Å²) >= 11 is 0.